The Morgan fingerprint density at radius 1 is 1.38 bits per heavy atom. The van der Waals surface area contributed by atoms with Crippen molar-refractivity contribution in [3.63, 3.8) is 0 Å². The molecule has 7 heteroatoms. The predicted octanol–water partition coefficient (Wildman–Crippen LogP) is 1.25. The SMILES string of the molecule is CCN(C(=O)COC(=O)C1CC1[N+](=O)[O-])c1ccccc1. The zero-order chi connectivity index (χ0) is 15.4. The number of likely N-dealkylation sites (N-methyl/N-ethyl adjacent to an activating group) is 1. The van der Waals surface area contributed by atoms with Gasteiger partial charge < -0.3 is 9.64 Å². The second-order valence-electron chi connectivity index (χ2n) is 4.78. The van der Waals surface area contributed by atoms with Crippen molar-refractivity contribution in [2.45, 2.75) is 19.4 Å². The second kappa shape index (κ2) is 6.34. The summed E-state index contributed by atoms with van der Waals surface area (Å²) < 4.78 is 4.88. The van der Waals surface area contributed by atoms with Gasteiger partial charge in [0.25, 0.3) is 5.91 Å². The summed E-state index contributed by atoms with van der Waals surface area (Å²) in [4.78, 5) is 35.1. The summed E-state index contributed by atoms with van der Waals surface area (Å²) in [5.41, 5.74) is 0.718. The van der Waals surface area contributed by atoms with Crippen molar-refractivity contribution < 1.29 is 19.2 Å². The average Bonchev–Trinajstić information content (AvgIpc) is 3.27. The maximum Gasteiger partial charge on any atom is 0.316 e. The van der Waals surface area contributed by atoms with Crippen molar-refractivity contribution in [2.24, 2.45) is 5.92 Å². The summed E-state index contributed by atoms with van der Waals surface area (Å²) in [6.07, 6.45) is 0.191. The lowest BCUT2D eigenvalue weighted by atomic mass is 10.3. The topological polar surface area (TPSA) is 89.8 Å². The van der Waals surface area contributed by atoms with Crippen LogP contribution in [0.1, 0.15) is 13.3 Å². The van der Waals surface area contributed by atoms with E-state index in [0.29, 0.717) is 6.54 Å². The number of hydrogen-bond donors (Lipinski definition) is 0. The van der Waals surface area contributed by atoms with Crippen LogP contribution < -0.4 is 4.90 Å². The molecule has 0 radical (unpaired) electrons. The van der Waals surface area contributed by atoms with Crippen molar-refractivity contribution in [1.29, 1.82) is 0 Å². The van der Waals surface area contributed by atoms with Gasteiger partial charge in [0.1, 0.15) is 5.92 Å². The lowest BCUT2D eigenvalue weighted by molar-refractivity contribution is -0.497. The molecule has 0 N–H and O–H groups in total. The number of anilines is 1. The summed E-state index contributed by atoms with van der Waals surface area (Å²) in [6.45, 7) is 1.86. The van der Waals surface area contributed by atoms with Gasteiger partial charge >= 0.3 is 5.97 Å². The van der Waals surface area contributed by atoms with Crippen LogP contribution in [-0.4, -0.2) is 36.0 Å². The van der Waals surface area contributed by atoms with Gasteiger partial charge in [-0.2, -0.15) is 0 Å². The Kier molecular flexibility index (Phi) is 4.52. The van der Waals surface area contributed by atoms with Crippen LogP contribution in [0, 0.1) is 16.0 Å². The maximum absolute atomic E-state index is 12.1. The monoisotopic (exact) mass is 292 g/mol. The molecule has 0 aliphatic heterocycles. The first-order valence-electron chi connectivity index (χ1n) is 6.70. The third-order valence-corrected chi connectivity index (χ3v) is 3.35. The van der Waals surface area contributed by atoms with Crippen LogP contribution in [0.15, 0.2) is 30.3 Å². The Morgan fingerprint density at radius 2 is 2.05 bits per heavy atom. The number of para-hydroxylation sites is 1. The molecule has 1 saturated carbocycles. The number of nitro groups is 1. The number of hydrogen-bond acceptors (Lipinski definition) is 5. The number of benzene rings is 1. The first-order valence-corrected chi connectivity index (χ1v) is 6.70. The minimum absolute atomic E-state index is 0.191. The summed E-state index contributed by atoms with van der Waals surface area (Å²) in [7, 11) is 0. The van der Waals surface area contributed by atoms with Crippen LogP contribution in [0.25, 0.3) is 0 Å². The molecule has 0 spiro atoms. The minimum atomic E-state index is -0.857. The maximum atomic E-state index is 12.1. The van der Waals surface area contributed by atoms with E-state index in [1.807, 2.05) is 25.1 Å². The van der Waals surface area contributed by atoms with Crippen molar-refractivity contribution in [2.75, 3.05) is 18.1 Å². The summed E-state index contributed by atoms with van der Waals surface area (Å²) in [6, 6.07) is 8.17. The Bertz CT molecular complexity index is 546. The lowest BCUT2D eigenvalue weighted by Crippen LogP contribution is -2.34. The molecule has 2 unspecified atom stereocenters. The zero-order valence-corrected chi connectivity index (χ0v) is 11.6. The molecule has 0 aromatic heterocycles. The Morgan fingerprint density at radius 3 is 2.57 bits per heavy atom. The first kappa shape index (κ1) is 15.0. The highest BCUT2D eigenvalue weighted by molar-refractivity contribution is 5.95. The van der Waals surface area contributed by atoms with E-state index in [4.69, 9.17) is 4.74 Å². The number of amides is 1. The zero-order valence-electron chi connectivity index (χ0n) is 11.6. The van der Waals surface area contributed by atoms with E-state index in [-0.39, 0.29) is 12.3 Å². The minimum Gasteiger partial charge on any atom is -0.455 e. The molecule has 2 rings (SSSR count). The van der Waals surface area contributed by atoms with Crippen LogP contribution in [0.3, 0.4) is 0 Å². The van der Waals surface area contributed by atoms with Crippen LogP contribution in [-0.2, 0) is 14.3 Å². The summed E-state index contributed by atoms with van der Waals surface area (Å²) >= 11 is 0. The van der Waals surface area contributed by atoms with Gasteiger partial charge in [-0.3, -0.25) is 19.7 Å². The molecule has 112 valence electrons. The van der Waals surface area contributed by atoms with Crippen molar-refractivity contribution in [3.8, 4) is 0 Å². The highest BCUT2D eigenvalue weighted by atomic mass is 16.6. The molecule has 1 fully saturated rings. The molecule has 0 bridgehead atoms. The molecule has 2 atom stereocenters. The summed E-state index contributed by atoms with van der Waals surface area (Å²) in [5.74, 6) is -1.73. The second-order valence-corrected chi connectivity index (χ2v) is 4.78. The Hall–Kier alpha value is -2.44. The molecule has 21 heavy (non-hydrogen) atoms. The van der Waals surface area contributed by atoms with Crippen LogP contribution >= 0.6 is 0 Å². The van der Waals surface area contributed by atoms with Crippen molar-refractivity contribution in [3.05, 3.63) is 40.4 Å². The highest BCUT2D eigenvalue weighted by Gasteiger charge is 2.54. The third kappa shape index (κ3) is 3.56. The van der Waals surface area contributed by atoms with Gasteiger partial charge in [-0.05, 0) is 19.1 Å². The van der Waals surface area contributed by atoms with E-state index in [2.05, 4.69) is 0 Å². The molecule has 0 heterocycles. The fraction of sp³-hybridized carbons (Fsp3) is 0.429. The lowest BCUT2D eigenvalue weighted by Gasteiger charge is -2.20. The van der Waals surface area contributed by atoms with E-state index in [1.54, 1.807) is 12.1 Å². The van der Waals surface area contributed by atoms with Crippen LogP contribution in [0.4, 0.5) is 5.69 Å². The van der Waals surface area contributed by atoms with Crippen molar-refractivity contribution >= 4 is 17.6 Å². The number of carbonyl (C=O) groups is 2. The smallest absolute Gasteiger partial charge is 0.316 e. The molecule has 1 aromatic rings. The highest BCUT2D eigenvalue weighted by Crippen LogP contribution is 2.34. The first-order chi connectivity index (χ1) is 10.0. The standard InChI is InChI=1S/C14H16N2O5/c1-2-15(10-6-4-3-5-7-10)13(17)9-21-14(18)11-8-12(11)16(19)20/h3-7,11-12H,2,8-9H2,1H3. The molecule has 0 saturated heterocycles. The molecular weight excluding hydrogens is 276 g/mol. The normalized spacial score (nSPS) is 19.7. The van der Waals surface area contributed by atoms with Gasteiger partial charge in [0.05, 0.1) is 0 Å². The van der Waals surface area contributed by atoms with Crippen LogP contribution in [0.2, 0.25) is 0 Å². The number of carbonyl (C=O) groups excluding carboxylic acids is 2. The number of rotatable bonds is 6. The average molecular weight is 292 g/mol. The van der Waals surface area contributed by atoms with Crippen LogP contribution in [0.5, 0.6) is 0 Å². The molecule has 1 aliphatic rings. The van der Waals surface area contributed by atoms with Gasteiger partial charge in [0.15, 0.2) is 6.61 Å². The van der Waals surface area contributed by atoms with E-state index in [0.717, 1.165) is 5.69 Å². The van der Waals surface area contributed by atoms with E-state index < -0.39 is 29.5 Å². The van der Waals surface area contributed by atoms with E-state index in [1.165, 1.54) is 4.90 Å². The predicted molar refractivity (Wildman–Crippen MR) is 74.3 cm³/mol. The largest absolute Gasteiger partial charge is 0.455 e. The molecule has 1 aliphatic carbocycles. The van der Waals surface area contributed by atoms with E-state index >= 15 is 0 Å². The molecule has 7 nitrogen and oxygen atoms in total. The van der Waals surface area contributed by atoms with Gasteiger partial charge in [0.2, 0.25) is 6.04 Å². The number of ether oxygens (including phenoxy) is 1. The Labute approximate surface area is 121 Å². The molecule has 1 aromatic carbocycles. The quantitative estimate of drug-likeness (QED) is 0.447. The van der Waals surface area contributed by atoms with E-state index in [9.17, 15) is 19.7 Å². The molecule has 1 amide bonds. The number of nitrogens with zero attached hydrogens (tertiary/aromatic N) is 2. The van der Waals surface area contributed by atoms with Gasteiger partial charge in [0, 0.05) is 23.6 Å². The van der Waals surface area contributed by atoms with Gasteiger partial charge in [-0.1, -0.05) is 18.2 Å². The summed E-state index contributed by atoms with van der Waals surface area (Å²) in [5, 5.41) is 10.5. The Balaban J connectivity index is 1.86. The number of esters is 1. The fourth-order valence-corrected chi connectivity index (χ4v) is 2.10. The van der Waals surface area contributed by atoms with Gasteiger partial charge in [-0.15, -0.1) is 0 Å². The van der Waals surface area contributed by atoms with Crippen molar-refractivity contribution in [1.82, 2.24) is 0 Å². The molecular formula is C14H16N2O5. The van der Waals surface area contributed by atoms with Gasteiger partial charge in [-0.25, -0.2) is 0 Å². The fourth-order valence-electron chi connectivity index (χ4n) is 2.10. The third-order valence-electron chi connectivity index (χ3n) is 3.35.